The number of nitrogens with one attached hydrogen (secondary N) is 2. The van der Waals surface area contributed by atoms with Gasteiger partial charge in [0.05, 0.1) is 12.0 Å². The molecule has 150 valence electrons. The van der Waals surface area contributed by atoms with Crippen molar-refractivity contribution in [1.29, 1.82) is 0 Å². The summed E-state index contributed by atoms with van der Waals surface area (Å²) in [5.41, 5.74) is 0.0465. The lowest BCUT2D eigenvalue weighted by atomic mass is 9.78. The number of hydrogen-bond acceptors (Lipinski definition) is 3. The minimum atomic E-state index is -0.686. The average Bonchev–Trinajstić information content (AvgIpc) is 3.10. The maximum atomic E-state index is 13.7. The van der Waals surface area contributed by atoms with E-state index in [9.17, 15) is 14.0 Å². The minimum absolute atomic E-state index is 0.0926. The van der Waals surface area contributed by atoms with Crippen LogP contribution in [0.25, 0.3) is 0 Å². The molecule has 2 N–H and O–H groups in total. The molecule has 0 aliphatic heterocycles. The largest absolute Gasteiger partial charge is 0.450 e. The van der Waals surface area contributed by atoms with Crippen molar-refractivity contribution < 1.29 is 18.7 Å². The number of carbonyl (C=O) groups is 2. The molecular formula is C21H31FN2O3. The molecule has 1 aromatic rings. The van der Waals surface area contributed by atoms with Crippen LogP contribution in [0.4, 0.5) is 9.18 Å². The normalized spacial score (nSPS) is 16.8. The zero-order valence-electron chi connectivity index (χ0n) is 16.5. The molecule has 27 heavy (non-hydrogen) atoms. The van der Waals surface area contributed by atoms with Crippen LogP contribution in [0.2, 0.25) is 0 Å². The topological polar surface area (TPSA) is 67.4 Å². The number of amides is 2. The molecule has 0 spiro atoms. The van der Waals surface area contributed by atoms with Crippen LogP contribution in [0.15, 0.2) is 24.3 Å². The van der Waals surface area contributed by atoms with Crippen molar-refractivity contribution in [2.24, 2.45) is 5.92 Å². The Labute approximate surface area is 161 Å². The highest BCUT2D eigenvalue weighted by atomic mass is 19.1. The summed E-state index contributed by atoms with van der Waals surface area (Å²) in [7, 11) is 0. The minimum Gasteiger partial charge on any atom is -0.450 e. The van der Waals surface area contributed by atoms with Gasteiger partial charge < -0.3 is 15.4 Å². The molecule has 0 bridgehead atoms. The van der Waals surface area contributed by atoms with E-state index in [2.05, 4.69) is 24.5 Å². The Balaban J connectivity index is 2.08. The van der Waals surface area contributed by atoms with E-state index in [-0.39, 0.29) is 17.8 Å². The molecule has 1 aliphatic rings. The lowest BCUT2D eigenvalue weighted by Gasteiger charge is -2.30. The Morgan fingerprint density at radius 3 is 2.56 bits per heavy atom. The number of carbonyl (C=O) groups excluding carboxylic acids is 2. The molecule has 2 amide bonds. The highest BCUT2D eigenvalue weighted by molar-refractivity contribution is 5.88. The highest BCUT2D eigenvalue weighted by Gasteiger charge is 2.42. The summed E-state index contributed by atoms with van der Waals surface area (Å²) >= 11 is 0. The van der Waals surface area contributed by atoms with E-state index in [1.165, 1.54) is 12.1 Å². The van der Waals surface area contributed by atoms with Crippen LogP contribution in [-0.4, -0.2) is 31.2 Å². The summed E-state index contributed by atoms with van der Waals surface area (Å²) in [5, 5.41) is 5.83. The first-order valence-corrected chi connectivity index (χ1v) is 9.85. The first-order chi connectivity index (χ1) is 12.9. The van der Waals surface area contributed by atoms with E-state index in [0.717, 1.165) is 24.8 Å². The number of alkyl carbamates (subject to hydrolysis) is 1. The highest BCUT2D eigenvalue weighted by Crippen LogP contribution is 2.41. The van der Waals surface area contributed by atoms with Gasteiger partial charge >= 0.3 is 6.09 Å². The summed E-state index contributed by atoms with van der Waals surface area (Å²) in [4.78, 5) is 24.9. The number of halogens is 1. The molecule has 1 saturated carbocycles. The van der Waals surface area contributed by atoms with Crippen molar-refractivity contribution in [2.75, 3.05) is 13.2 Å². The van der Waals surface area contributed by atoms with E-state index >= 15 is 0 Å². The number of hydrogen-bond donors (Lipinski definition) is 2. The Hall–Kier alpha value is -2.11. The van der Waals surface area contributed by atoms with Gasteiger partial charge in [0.25, 0.3) is 0 Å². The second kappa shape index (κ2) is 9.72. The molecule has 0 radical (unpaired) electrons. The fraction of sp³-hybridized carbons (Fsp3) is 0.619. The van der Waals surface area contributed by atoms with Gasteiger partial charge in [0.2, 0.25) is 5.91 Å². The van der Waals surface area contributed by atoms with Gasteiger partial charge in [-0.2, -0.15) is 0 Å². The number of rotatable bonds is 8. The van der Waals surface area contributed by atoms with Crippen LogP contribution in [0.1, 0.15) is 58.4 Å². The first-order valence-electron chi connectivity index (χ1n) is 9.85. The average molecular weight is 378 g/mol. The summed E-state index contributed by atoms with van der Waals surface area (Å²) in [6.07, 6.45) is 3.57. The molecule has 0 aromatic heterocycles. The molecule has 1 atom stereocenters. The van der Waals surface area contributed by atoms with Gasteiger partial charge in [0, 0.05) is 12.6 Å². The van der Waals surface area contributed by atoms with E-state index in [4.69, 9.17) is 4.74 Å². The standard InChI is InChI=1S/C21H31FN2O3/c1-4-27-20(26)24-18(12-15(2)3)14-23-19(25)21(10-5-6-11-21)16-8-7-9-17(22)13-16/h7-9,13,15,18H,4-6,10-12,14H2,1-3H3,(H,23,25)(H,24,26). The maximum Gasteiger partial charge on any atom is 0.407 e. The molecule has 6 heteroatoms. The second-order valence-corrected chi connectivity index (χ2v) is 7.70. The zero-order valence-corrected chi connectivity index (χ0v) is 16.5. The zero-order chi connectivity index (χ0) is 19.9. The predicted molar refractivity (Wildman–Crippen MR) is 103 cm³/mol. The van der Waals surface area contributed by atoms with E-state index in [0.29, 0.717) is 31.9 Å². The van der Waals surface area contributed by atoms with Gasteiger partial charge in [0.1, 0.15) is 5.82 Å². The SMILES string of the molecule is CCOC(=O)NC(CNC(=O)C1(c2cccc(F)c2)CCCC1)CC(C)C. The predicted octanol–water partition coefficient (Wildman–Crippen LogP) is 3.91. The van der Waals surface area contributed by atoms with Crippen molar-refractivity contribution >= 4 is 12.0 Å². The third kappa shape index (κ3) is 5.68. The molecule has 0 saturated heterocycles. The van der Waals surface area contributed by atoms with Crippen LogP contribution in [0.3, 0.4) is 0 Å². The maximum absolute atomic E-state index is 13.7. The van der Waals surface area contributed by atoms with Gasteiger partial charge in [0.15, 0.2) is 0 Å². The van der Waals surface area contributed by atoms with Crippen LogP contribution in [0, 0.1) is 11.7 Å². The molecular weight excluding hydrogens is 347 g/mol. The van der Waals surface area contributed by atoms with Crippen LogP contribution >= 0.6 is 0 Å². The van der Waals surface area contributed by atoms with E-state index in [1.807, 2.05) is 6.07 Å². The number of benzene rings is 1. The fourth-order valence-electron chi connectivity index (χ4n) is 3.90. The van der Waals surface area contributed by atoms with Crippen LogP contribution in [-0.2, 0) is 14.9 Å². The lowest BCUT2D eigenvalue weighted by molar-refractivity contribution is -0.126. The summed E-state index contributed by atoms with van der Waals surface area (Å²) in [5.74, 6) is -0.0595. The molecule has 1 fully saturated rings. The third-order valence-corrected chi connectivity index (χ3v) is 5.13. The Kier molecular flexibility index (Phi) is 7.63. The van der Waals surface area contributed by atoms with Gasteiger partial charge in [-0.25, -0.2) is 9.18 Å². The van der Waals surface area contributed by atoms with Crippen LogP contribution in [0.5, 0.6) is 0 Å². The molecule has 1 aromatic carbocycles. The van der Waals surface area contributed by atoms with Crippen molar-refractivity contribution in [3.63, 3.8) is 0 Å². The van der Waals surface area contributed by atoms with Gasteiger partial charge in [-0.05, 0) is 49.8 Å². The Morgan fingerprint density at radius 2 is 1.96 bits per heavy atom. The second-order valence-electron chi connectivity index (χ2n) is 7.70. The molecule has 5 nitrogen and oxygen atoms in total. The molecule has 1 aliphatic carbocycles. The van der Waals surface area contributed by atoms with E-state index in [1.54, 1.807) is 13.0 Å². The van der Waals surface area contributed by atoms with E-state index < -0.39 is 11.5 Å². The van der Waals surface area contributed by atoms with Crippen molar-refractivity contribution in [3.8, 4) is 0 Å². The summed E-state index contributed by atoms with van der Waals surface area (Å²) < 4.78 is 18.7. The van der Waals surface area contributed by atoms with Gasteiger partial charge in [-0.3, -0.25) is 4.79 Å². The smallest absolute Gasteiger partial charge is 0.407 e. The summed E-state index contributed by atoms with van der Waals surface area (Å²) in [6.45, 7) is 6.50. The number of ether oxygens (including phenoxy) is 1. The van der Waals surface area contributed by atoms with Crippen molar-refractivity contribution in [3.05, 3.63) is 35.6 Å². The molecule has 2 rings (SSSR count). The van der Waals surface area contributed by atoms with Gasteiger partial charge in [-0.15, -0.1) is 0 Å². The van der Waals surface area contributed by atoms with Gasteiger partial charge in [-0.1, -0.05) is 38.8 Å². The van der Waals surface area contributed by atoms with Crippen molar-refractivity contribution in [2.45, 2.75) is 64.3 Å². The monoisotopic (exact) mass is 378 g/mol. The molecule has 0 heterocycles. The summed E-state index contributed by atoms with van der Waals surface area (Å²) in [6, 6.07) is 6.14. The third-order valence-electron chi connectivity index (χ3n) is 5.13. The van der Waals surface area contributed by atoms with Crippen LogP contribution < -0.4 is 10.6 Å². The van der Waals surface area contributed by atoms with Crippen molar-refractivity contribution in [1.82, 2.24) is 10.6 Å². The molecule has 1 unspecified atom stereocenters. The lowest BCUT2D eigenvalue weighted by Crippen LogP contribution is -2.49. The fourth-order valence-corrected chi connectivity index (χ4v) is 3.90. The first kappa shape index (κ1) is 21.2. The quantitative estimate of drug-likeness (QED) is 0.721. The Morgan fingerprint density at radius 1 is 1.26 bits per heavy atom. The Bertz CT molecular complexity index is 642.